The molecule has 4 nitrogen and oxygen atoms in total. The van der Waals surface area contributed by atoms with E-state index in [0.717, 1.165) is 25.0 Å². The Bertz CT molecular complexity index is 952. The maximum Gasteiger partial charge on any atom is 0.416 e. The molecule has 0 aliphatic carbocycles. The van der Waals surface area contributed by atoms with Gasteiger partial charge in [0.2, 0.25) is 5.91 Å². The van der Waals surface area contributed by atoms with Gasteiger partial charge in [0.1, 0.15) is 6.04 Å². The van der Waals surface area contributed by atoms with E-state index >= 15 is 0 Å². The summed E-state index contributed by atoms with van der Waals surface area (Å²) in [5.41, 5.74) is 0.154. The van der Waals surface area contributed by atoms with Gasteiger partial charge >= 0.3 is 6.18 Å². The van der Waals surface area contributed by atoms with E-state index in [4.69, 9.17) is 11.6 Å². The SMILES string of the molecule is CC(C)C(NC(=O)c1cccc(C(F)(F)F)c1)C(=O)N1CCC(c2ccc(Cl)cc2)CC1. The van der Waals surface area contributed by atoms with Crippen LogP contribution in [-0.4, -0.2) is 35.8 Å². The fourth-order valence-electron chi connectivity index (χ4n) is 3.94. The number of amides is 2. The molecule has 1 unspecified atom stereocenters. The molecule has 0 spiro atoms. The Morgan fingerprint density at radius 1 is 1.06 bits per heavy atom. The molecule has 0 radical (unpaired) electrons. The predicted octanol–water partition coefficient (Wildman–Crippen LogP) is 5.52. The topological polar surface area (TPSA) is 49.4 Å². The van der Waals surface area contributed by atoms with Crippen LogP contribution >= 0.6 is 11.6 Å². The Morgan fingerprint density at radius 3 is 2.25 bits per heavy atom. The zero-order valence-corrected chi connectivity index (χ0v) is 18.7. The molecule has 1 heterocycles. The van der Waals surface area contributed by atoms with Crippen LogP contribution in [0.1, 0.15) is 54.1 Å². The summed E-state index contributed by atoms with van der Waals surface area (Å²) >= 11 is 5.95. The van der Waals surface area contributed by atoms with E-state index in [9.17, 15) is 22.8 Å². The Kier molecular flexibility index (Phi) is 7.49. The number of carbonyl (C=O) groups excluding carboxylic acids is 2. The number of halogens is 4. The first kappa shape index (κ1) is 24.1. The summed E-state index contributed by atoms with van der Waals surface area (Å²) in [5.74, 6) is -0.797. The fourth-order valence-corrected chi connectivity index (χ4v) is 4.07. The van der Waals surface area contributed by atoms with Crippen molar-refractivity contribution in [3.8, 4) is 0 Å². The molecule has 2 aromatic rings. The smallest absolute Gasteiger partial charge is 0.341 e. The third-order valence-electron chi connectivity index (χ3n) is 5.82. The van der Waals surface area contributed by atoms with Crippen molar-refractivity contribution in [2.24, 2.45) is 5.92 Å². The van der Waals surface area contributed by atoms with Crippen molar-refractivity contribution in [3.63, 3.8) is 0 Å². The number of likely N-dealkylation sites (tertiary alicyclic amines) is 1. The van der Waals surface area contributed by atoms with Gasteiger partial charge < -0.3 is 10.2 Å². The first-order valence-corrected chi connectivity index (χ1v) is 11.0. The number of hydrogen-bond acceptors (Lipinski definition) is 2. The van der Waals surface area contributed by atoms with Gasteiger partial charge in [-0.05, 0) is 60.6 Å². The number of rotatable bonds is 5. The highest BCUT2D eigenvalue weighted by molar-refractivity contribution is 6.30. The van der Waals surface area contributed by atoms with Crippen molar-refractivity contribution in [2.45, 2.75) is 44.8 Å². The van der Waals surface area contributed by atoms with Crippen molar-refractivity contribution >= 4 is 23.4 Å². The lowest BCUT2D eigenvalue weighted by atomic mass is 9.89. The Hall–Kier alpha value is -2.54. The maximum atomic E-state index is 13.1. The van der Waals surface area contributed by atoms with Crippen LogP contribution in [0.3, 0.4) is 0 Å². The van der Waals surface area contributed by atoms with Crippen LogP contribution in [0.5, 0.6) is 0 Å². The maximum absolute atomic E-state index is 13.1. The van der Waals surface area contributed by atoms with Gasteiger partial charge in [-0.15, -0.1) is 0 Å². The molecule has 1 atom stereocenters. The molecule has 0 saturated carbocycles. The van der Waals surface area contributed by atoms with Crippen LogP contribution in [0.25, 0.3) is 0 Å². The highest BCUT2D eigenvalue weighted by Gasteiger charge is 2.33. The first-order valence-electron chi connectivity index (χ1n) is 10.6. The van der Waals surface area contributed by atoms with Crippen LogP contribution < -0.4 is 5.32 Å². The third-order valence-corrected chi connectivity index (χ3v) is 6.07. The zero-order valence-electron chi connectivity index (χ0n) is 18.0. The lowest BCUT2D eigenvalue weighted by Gasteiger charge is -2.35. The van der Waals surface area contributed by atoms with E-state index in [0.29, 0.717) is 24.0 Å². The molecule has 1 N–H and O–H groups in total. The second kappa shape index (κ2) is 9.94. The number of alkyl halides is 3. The predicted molar refractivity (Wildman–Crippen MR) is 118 cm³/mol. The number of carbonyl (C=O) groups is 2. The quantitative estimate of drug-likeness (QED) is 0.630. The van der Waals surface area contributed by atoms with E-state index in [1.165, 1.54) is 17.7 Å². The second-order valence-corrected chi connectivity index (χ2v) is 8.86. The van der Waals surface area contributed by atoms with Gasteiger partial charge in [-0.2, -0.15) is 13.2 Å². The molecule has 8 heteroatoms. The third kappa shape index (κ3) is 5.82. The van der Waals surface area contributed by atoms with Gasteiger partial charge in [-0.25, -0.2) is 0 Å². The standard InChI is InChI=1S/C24H26ClF3N2O2/c1-15(2)21(29-22(31)18-4-3-5-19(14-18)24(26,27)28)23(32)30-12-10-17(11-13-30)16-6-8-20(25)9-7-16/h3-9,14-15,17,21H,10-13H2,1-2H3,(H,29,31). The molecular weight excluding hydrogens is 441 g/mol. The van der Waals surface area contributed by atoms with Crippen molar-refractivity contribution < 1.29 is 22.8 Å². The van der Waals surface area contributed by atoms with Crippen LogP contribution in [-0.2, 0) is 11.0 Å². The number of nitrogens with zero attached hydrogens (tertiary/aromatic N) is 1. The Labute approximate surface area is 190 Å². The molecule has 1 fully saturated rings. The Balaban J connectivity index is 1.65. The minimum absolute atomic E-state index is 0.125. The summed E-state index contributed by atoms with van der Waals surface area (Å²) < 4.78 is 38.9. The molecule has 1 aliphatic heterocycles. The van der Waals surface area contributed by atoms with Crippen molar-refractivity contribution in [3.05, 3.63) is 70.2 Å². The minimum atomic E-state index is -4.54. The number of hydrogen-bond donors (Lipinski definition) is 1. The van der Waals surface area contributed by atoms with Gasteiger partial charge in [-0.3, -0.25) is 9.59 Å². The van der Waals surface area contributed by atoms with E-state index in [2.05, 4.69) is 5.32 Å². The summed E-state index contributed by atoms with van der Waals surface area (Å²) in [5, 5.41) is 3.32. The first-order chi connectivity index (χ1) is 15.1. The lowest BCUT2D eigenvalue weighted by molar-refractivity contribution is -0.137. The summed E-state index contributed by atoms with van der Waals surface area (Å²) in [6.07, 6.45) is -2.96. The molecule has 3 rings (SSSR count). The molecule has 0 aromatic heterocycles. The molecule has 1 saturated heterocycles. The van der Waals surface area contributed by atoms with Crippen molar-refractivity contribution in [1.29, 1.82) is 0 Å². The molecule has 32 heavy (non-hydrogen) atoms. The summed E-state index contributed by atoms with van der Waals surface area (Å²) in [6, 6.07) is 11.1. The van der Waals surface area contributed by atoms with E-state index in [1.54, 1.807) is 18.7 Å². The largest absolute Gasteiger partial charge is 0.416 e. The molecule has 172 valence electrons. The van der Waals surface area contributed by atoms with Gasteiger partial charge in [0.15, 0.2) is 0 Å². The average Bonchev–Trinajstić information content (AvgIpc) is 2.77. The minimum Gasteiger partial charge on any atom is -0.341 e. The van der Waals surface area contributed by atoms with E-state index in [1.807, 2.05) is 24.3 Å². The summed E-state index contributed by atoms with van der Waals surface area (Å²) in [6.45, 7) is 4.70. The van der Waals surface area contributed by atoms with Gasteiger partial charge in [0.05, 0.1) is 5.56 Å². The normalized spacial score (nSPS) is 16.2. The lowest BCUT2D eigenvalue weighted by Crippen LogP contribution is -2.52. The number of benzene rings is 2. The second-order valence-electron chi connectivity index (χ2n) is 8.42. The summed E-state index contributed by atoms with van der Waals surface area (Å²) in [4.78, 5) is 27.5. The summed E-state index contributed by atoms with van der Waals surface area (Å²) in [7, 11) is 0. The number of piperidine rings is 1. The van der Waals surface area contributed by atoms with Crippen LogP contribution in [0.2, 0.25) is 5.02 Å². The molecule has 0 bridgehead atoms. The molecule has 2 aromatic carbocycles. The molecular formula is C24H26ClF3N2O2. The van der Waals surface area contributed by atoms with Gasteiger partial charge in [0.25, 0.3) is 5.91 Å². The Morgan fingerprint density at radius 2 is 1.69 bits per heavy atom. The van der Waals surface area contributed by atoms with Crippen LogP contribution in [0, 0.1) is 5.92 Å². The molecule has 1 aliphatic rings. The molecule has 2 amide bonds. The van der Waals surface area contributed by atoms with Crippen molar-refractivity contribution in [2.75, 3.05) is 13.1 Å². The van der Waals surface area contributed by atoms with E-state index in [-0.39, 0.29) is 17.4 Å². The highest BCUT2D eigenvalue weighted by atomic mass is 35.5. The van der Waals surface area contributed by atoms with Gasteiger partial charge in [0, 0.05) is 23.7 Å². The zero-order chi connectivity index (χ0) is 23.5. The monoisotopic (exact) mass is 466 g/mol. The van der Waals surface area contributed by atoms with Crippen molar-refractivity contribution in [1.82, 2.24) is 10.2 Å². The van der Waals surface area contributed by atoms with Gasteiger partial charge in [-0.1, -0.05) is 43.6 Å². The number of nitrogens with one attached hydrogen (secondary N) is 1. The fraction of sp³-hybridized carbons (Fsp3) is 0.417. The highest BCUT2D eigenvalue weighted by Crippen LogP contribution is 2.30. The van der Waals surface area contributed by atoms with Crippen LogP contribution in [0.4, 0.5) is 13.2 Å². The average molecular weight is 467 g/mol. The van der Waals surface area contributed by atoms with E-state index < -0.39 is 23.7 Å². The van der Waals surface area contributed by atoms with Crippen LogP contribution in [0.15, 0.2) is 48.5 Å².